The number of nitrogens with zero attached hydrogens (tertiary/aromatic N) is 2. The third-order valence-electron chi connectivity index (χ3n) is 0.605. The van der Waals surface area contributed by atoms with Crippen LogP contribution in [-0.4, -0.2) is 18.3 Å². The standard InChI is InChI=1S/C6H9IN4/c1-6(8)4-9-5-11-10-3-2-7/h2-5,8,10H,1H3/b3-2-,8-6?,9-4-,11-5-. The first-order valence-corrected chi connectivity index (χ1v) is 4.12. The summed E-state index contributed by atoms with van der Waals surface area (Å²) in [6, 6.07) is 0. The number of hydrazone groups is 1. The third kappa shape index (κ3) is 9.28. The second kappa shape index (κ2) is 7.39. The van der Waals surface area contributed by atoms with Crippen molar-refractivity contribution in [3.63, 3.8) is 0 Å². The van der Waals surface area contributed by atoms with E-state index in [1.165, 1.54) is 12.6 Å². The zero-order valence-corrected chi connectivity index (χ0v) is 8.24. The van der Waals surface area contributed by atoms with Gasteiger partial charge < -0.3 is 5.41 Å². The fourth-order valence-corrected chi connectivity index (χ4v) is 0.444. The highest BCUT2D eigenvalue weighted by Crippen LogP contribution is 1.78. The molecule has 60 valence electrons. The zero-order chi connectivity index (χ0) is 8.53. The van der Waals surface area contributed by atoms with Gasteiger partial charge in [0, 0.05) is 18.1 Å². The SMILES string of the molecule is CC(=N)/C=N\C=N/N/C=C\I. The minimum Gasteiger partial charge on any atom is -0.304 e. The molecule has 0 saturated carbocycles. The number of nitrogens with one attached hydrogen (secondary N) is 2. The first-order chi connectivity index (χ1) is 5.27. The minimum atomic E-state index is 0.404. The molecule has 0 aliphatic carbocycles. The maximum atomic E-state index is 6.96. The van der Waals surface area contributed by atoms with Crippen molar-refractivity contribution >= 4 is 40.9 Å². The lowest BCUT2D eigenvalue weighted by molar-refractivity contribution is 0.976. The first kappa shape index (κ1) is 10.3. The van der Waals surface area contributed by atoms with Gasteiger partial charge in [-0.2, -0.15) is 5.10 Å². The number of aliphatic imine (C=N–C) groups is 1. The number of hydrogen-bond acceptors (Lipinski definition) is 3. The lowest BCUT2D eigenvalue weighted by atomic mass is 10.5. The van der Waals surface area contributed by atoms with Crippen LogP contribution in [0.2, 0.25) is 0 Å². The van der Waals surface area contributed by atoms with Gasteiger partial charge in [0.05, 0.1) is 0 Å². The summed E-state index contributed by atoms with van der Waals surface area (Å²) in [4.78, 5) is 3.70. The van der Waals surface area contributed by atoms with Gasteiger partial charge in [0.1, 0.15) is 6.34 Å². The Morgan fingerprint density at radius 2 is 2.36 bits per heavy atom. The predicted molar refractivity (Wildman–Crippen MR) is 56.7 cm³/mol. The van der Waals surface area contributed by atoms with E-state index in [0.717, 1.165) is 0 Å². The quantitative estimate of drug-likeness (QED) is 0.344. The topological polar surface area (TPSA) is 60.6 Å². The van der Waals surface area contributed by atoms with E-state index in [-0.39, 0.29) is 0 Å². The highest BCUT2D eigenvalue weighted by molar-refractivity contribution is 14.1. The predicted octanol–water partition coefficient (Wildman–Crippen LogP) is 1.54. The molecule has 0 amide bonds. The molecular weight excluding hydrogens is 255 g/mol. The van der Waals surface area contributed by atoms with E-state index in [0.29, 0.717) is 5.71 Å². The zero-order valence-electron chi connectivity index (χ0n) is 6.08. The van der Waals surface area contributed by atoms with E-state index in [1.807, 2.05) is 0 Å². The van der Waals surface area contributed by atoms with E-state index in [9.17, 15) is 0 Å². The van der Waals surface area contributed by atoms with Crippen molar-refractivity contribution in [2.75, 3.05) is 0 Å². The van der Waals surface area contributed by atoms with Gasteiger partial charge in [0.15, 0.2) is 0 Å². The summed E-state index contributed by atoms with van der Waals surface area (Å²) < 4.78 is 1.79. The maximum Gasteiger partial charge on any atom is 0.135 e. The molecule has 0 bridgehead atoms. The summed E-state index contributed by atoms with van der Waals surface area (Å²) in [6.07, 6.45) is 4.43. The van der Waals surface area contributed by atoms with Crippen LogP contribution >= 0.6 is 22.6 Å². The first-order valence-electron chi connectivity index (χ1n) is 2.88. The Bertz CT molecular complexity index is 195. The van der Waals surface area contributed by atoms with Crippen LogP contribution in [0.1, 0.15) is 6.92 Å². The lowest BCUT2D eigenvalue weighted by Crippen LogP contribution is -1.93. The molecule has 0 rings (SSSR count). The molecular formula is C6H9IN4. The molecule has 0 unspecified atom stereocenters. The average Bonchev–Trinajstić information content (AvgIpc) is 1.96. The Morgan fingerprint density at radius 1 is 1.64 bits per heavy atom. The molecule has 2 N–H and O–H groups in total. The van der Waals surface area contributed by atoms with E-state index in [2.05, 4.69) is 38.1 Å². The van der Waals surface area contributed by atoms with Crippen molar-refractivity contribution in [2.24, 2.45) is 10.1 Å². The third-order valence-corrected chi connectivity index (χ3v) is 0.964. The Labute approximate surface area is 79.1 Å². The molecule has 0 atom stereocenters. The maximum absolute atomic E-state index is 6.96. The highest BCUT2D eigenvalue weighted by Gasteiger charge is 1.72. The Balaban J connectivity index is 3.52. The Kier molecular flexibility index (Phi) is 6.90. The Morgan fingerprint density at radius 3 is 2.91 bits per heavy atom. The molecule has 0 aliphatic rings. The van der Waals surface area contributed by atoms with Crippen LogP contribution in [0.5, 0.6) is 0 Å². The van der Waals surface area contributed by atoms with Gasteiger partial charge >= 0.3 is 0 Å². The van der Waals surface area contributed by atoms with Crippen LogP contribution in [0.15, 0.2) is 20.4 Å². The van der Waals surface area contributed by atoms with Crippen LogP contribution in [-0.2, 0) is 0 Å². The van der Waals surface area contributed by atoms with Gasteiger partial charge in [-0.3, -0.25) is 5.43 Å². The monoisotopic (exact) mass is 264 g/mol. The summed E-state index contributed by atoms with van der Waals surface area (Å²) in [5, 5.41) is 10.6. The van der Waals surface area contributed by atoms with Crippen LogP contribution in [0.4, 0.5) is 0 Å². The molecule has 0 fully saturated rings. The molecule has 11 heavy (non-hydrogen) atoms. The molecule has 0 aromatic rings. The molecule has 0 aromatic heterocycles. The van der Waals surface area contributed by atoms with Gasteiger partial charge in [-0.15, -0.1) is 0 Å². The van der Waals surface area contributed by atoms with Crippen LogP contribution in [0, 0.1) is 5.41 Å². The van der Waals surface area contributed by atoms with Gasteiger partial charge in [-0.1, -0.05) is 22.6 Å². The summed E-state index contributed by atoms with van der Waals surface area (Å²) in [5.41, 5.74) is 3.01. The smallest absolute Gasteiger partial charge is 0.135 e. The van der Waals surface area contributed by atoms with E-state index >= 15 is 0 Å². The number of rotatable bonds is 4. The summed E-state index contributed by atoms with van der Waals surface area (Å²) in [6.45, 7) is 1.65. The largest absolute Gasteiger partial charge is 0.304 e. The molecule has 0 heterocycles. The van der Waals surface area contributed by atoms with E-state index in [4.69, 9.17) is 5.41 Å². The minimum absolute atomic E-state index is 0.404. The normalized spacial score (nSPS) is 11.8. The number of halogens is 1. The summed E-state index contributed by atoms with van der Waals surface area (Å²) in [5.74, 6) is 0. The van der Waals surface area contributed by atoms with Gasteiger partial charge in [0.25, 0.3) is 0 Å². The van der Waals surface area contributed by atoms with Crippen LogP contribution < -0.4 is 5.43 Å². The van der Waals surface area contributed by atoms with Crippen LogP contribution in [0.3, 0.4) is 0 Å². The molecule has 0 aliphatic heterocycles. The van der Waals surface area contributed by atoms with Gasteiger partial charge in [-0.25, -0.2) is 4.99 Å². The average molecular weight is 264 g/mol. The highest BCUT2D eigenvalue weighted by atomic mass is 127. The number of hydrogen-bond donors (Lipinski definition) is 2. The Hall–Kier alpha value is -0.720. The van der Waals surface area contributed by atoms with E-state index < -0.39 is 0 Å². The fourth-order valence-electron chi connectivity index (χ4n) is 0.283. The molecule has 5 heteroatoms. The van der Waals surface area contributed by atoms with Crippen molar-refractivity contribution in [1.82, 2.24) is 5.43 Å². The fraction of sp³-hybridized carbons (Fsp3) is 0.167. The second-order valence-corrected chi connectivity index (χ2v) is 2.35. The molecule has 0 radical (unpaired) electrons. The summed E-state index contributed by atoms with van der Waals surface area (Å²) >= 11 is 2.07. The second-order valence-electron chi connectivity index (χ2n) is 1.63. The van der Waals surface area contributed by atoms with Gasteiger partial charge in [-0.05, 0) is 11.0 Å². The van der Waals surface area contributed by atoms with Gasteiger partial charge in [0.2, 0.25) is 0 Å². The van der Waals surface area contributed by atoms with Crippen molar-refractivity contribution in [2.45, 2.75) is 6.92 Å². The van der Waals surface area contributed by atoms with Crippen molar-refractivity contribution in [3.05, 3.63) is 10.3 Å². The lowest BCUT2D eigenvalue weighted by Gasteiger charge is -1.83. The van der Waals surface area contributed by atoms with E-state index in [1.54, 1.807) is 17.2 Å². The molecule has 0 saturated heterocycles. The molecule has 4 nitrogen and oxygen atoms in total. The summed E-state index contributed by atoms with van der Waals surface area (Å²) in [7, 11) is 0. The molecule has 0 aromatic carbocycles. The van der Waals surface area contributed by atoms with Crippen molar-refractivity contribution in [3.8, 4) is 0 Å². The van der Waals surface area contributed by atoms with Crippen LogP contribution in [0.25, 0.3) is 0 Å². The molecule has 0 spiro atoms. The van der Waals surface area contributed by atoms with Crippen molar-refractivity contribution in [1.29, 1.82) is 5.41 Å². The van der Waals surface area contributed by atoms with Crippen molar-refractivity contribution < 1.29 is 0 Å².